The van der Waals surface area contributed by atoms with E-state index in [4.69, 9.17) is 5.73 Å². The number of nitrogen functional groups attached to an aromatic ring is 1. The van der Waals surface area contributed by atoms with Crippen molar-refractivity contribution in [2.75, 3.05) is 5.73 Å². The van der Waals surface area contributed by atoms with Crippen LogP contribution < -0.4 is 5.73 Å². The zero-order valence-corrected chi connectivity index (χ0v) is 12.9. The summed E-state index contributed by atoms with van der Waals surface area (Å²) in [6.45, 7) is 11.5. The van der Waals surface area contributed by atoms with E-state index >= 15 is 0 Å². The van der Waals surface area contributed by atoms with Gasteiger partial charge in [-0.05, 0) is 35.7 Å². The number of anilines is 1. The van der Waals surface area contributed by atoms with Crippen molar-refractivity contribution in [2.45, 2.75) is 47.5 Å². The fourth-order valence-corrected chi connectivity index (χ4v) is 3.58. The molecule has 1 aromatic rings. The molecule has 100 valence electrons. The molecule has 2 nitrogen and oxygen atoms in total. The van der Waals surface area contributed by atoms with Gasteiger partial charge < -0.3 is 5.73 Å². The molecule has 2 N–H and O–H groups in total. The summed E-state index contributed by atoms with van der Waals surface area (Å²) in [6, 6.07) is 0. The number of allylic oxidation sites excluding steroid dienone is 2. The molecule has 1 atom stereocenters. The first kappa shape index (κ1) is 13.6. The maximum Gasteiger partial charge on any atom is 0.180 e. The molecule has 0 radical (unpaired) electrons. The number of thiazole rings is 1. The van der Waals surface area contributed by atoms with E-state index in [0.717, 1.165) is 6.42 Å². The van der Waals surface area contributed by atoms with Gasteiger partial charge in [0.15, 0.2) is 5.13 Å². The molecule has 1 aliphatic rings. The van der Waals surface area contributed by atoms with Gasteiger partial charge in [-0.2, -0.15) is 0 Å². The van der Waals surface area contributed by atoms with E-state index in [-0.39, 0.29) is 5.41 Å². The van der Waals surface area contributed by atoms with Gasteiger partial charge in [0.25, 0.3) is 0 Å². The highest BCUT2D eigenvalue weighted by molar-refractivity contribution is 7.15. The van der Waals surface area contributed by atoms with E-state index in [0.29, 0.717) is 17.0 Å². The first-order valence-corrected chi connectivity index (χ1v) is 7.64. The van der Waals surface area contributed by atoms with Crippen molar-refractivity contribution in [3.8, 4) is 0 Å². The van der Waals surface area contributed by atoms with Crippen LogP contribution in [-0.2, 0) is 6.42 Å². The van der Waals surface area contributed by atoms with Crippen molar-refractivity contribution < 1.29 is 0 Å². The van der Waals surface area contributed by atoms with Crippen LogP contribution >= 0.6 is 11.3 Å². The Bertz CT molecular complexity index is 471. The lowest BCUT2D eigenvalue weighted by atomic mass is 9.65. The van der Waals surface area contributed by atoms with Crippen molar-refractivity contribution >= 4 is 22.0 Å². The van der Waals surface area contributed by atoms with Crippen molar-refractivity contribution in [3.63, 3.8) is 0 Å². The van der Waals surface area contributed by atoms with Gasteiger partial charge in [0.1, 0.15) is 0 Å². The molecule has 0 aliphatic heterocycles. The SMILES string of the molecule is CC(C)/C=C1/c2nc(N)sc2CC[C@]1(C)C(C)C. The number of fused-ring (bicyclic) bond motifs is 1. The normalized spacial score (nSPS) is 26.1. The molecule has 0 spiro atoms. The minimum atomic E-state index is 0.234. The second-order valence-electron chi connectivity index (χ2n) is 6.22. The average Bonchev–Trinajstić information content (AvgIpc) is 2.63. The molecule has 0 bridgehead atoms. The molecular weight excluding hydrogens is 240 g/mol. The van der Waals surface area contributed by atoms with Crippen LogP contribution in [0.5, 0.6) is 0 Å². The third-order valence-electron chi connectivity index (χ3n) is 4.23. The topological polar surface area (TPSA) is 38.9 Å². The Morgan fingerprint density at radius 1 is 1.33 bits per heavy atom. The predicted molar refractivity (Wildman–Crippen MR) is 80.6 cm³/mol. The highest BCUT2D eigenvalue weighted by Gasteiger charge is 2.39. The number of nitrogens with zero attached hydrogens (tertiary/aromatic N) is 1. The Labute approximate surface area is 114 Å². The molecule has 0 amide bonds. The lowest BCUT2D eigenvalue weighted by molar-refractivity contribution is 0.282. The summed E-state index contributed by atoms with van der Waals surface area (Å²) in [5.41, 5.74) is 8.72. The number of nitrogens with two attached hydrogens (primary N) is 1. The largest absolute Gasteiger partial charge is 0.375 e. The van der Waals surface area contributed by atoms with Crippen molar-refractivity contribution in [2.24, 2.45) is 17.3 Å². The van der Waals surface area contributed by atoms with Gasteiger partial charge in [-0.3, -0.25) is 0 Å². The van der Waals surface area contributed by atoms with Crippen molar-refractivity contribution in [3.05, 3.63) is 16.6 Å². The second-order valence-corrected chi connectivity index (χ2v) is 7.34. The Morgan fingerprint density at radius 2 is 2.00 bits per heavy atom. The average molecular weight is 264 g/mol. The van der Waals surface area contributed by atoms with Crippen LogP contribution in [-0.4, -0.2) is 4.98 Å². The molecule has 0 aromatic carbocycles. The summed E-state index contributed by atoms with van der Waals surface area (Å²) in [5, 5.41) is 0.711. The standard InChI is InChI=1S/C15H24N2S/c1-9(2)8-11-13-12(18-14(16)17-13)6-7-15(11,5)10(3)4/h8-10H,6-7H2,1-5H3,(H2,16,17)/b11-8-/t15-/m1/s1. The Morgan fingerprint density at radius 3 is 2.56 bits per heavy atom. The Hall–Kier alpha value is -0.830. The fourth-order valence-electron chi connectivity index (χ4n) is 2.73. The van der Waals surface area contributed by atoms with Crippen LogP contribution in [0.3, 0.4) is 0 Å². The first-order chi connectivity index (χ1) is 8.34. The molecule has 1 aliphatic carbocycles. The van der Waals surface area contributed by atoms with Gasteiger partial charge in [-0.1, -0.05) is 40.7 Å². The highest BCUT2D eigenvalue weighted by atomic mass is 32.1. The van der Waals surface area contributed by atoms with Gasteiger partial charge in [0.2, 0.25) is 0 Å². The van der Waals surface area contributed by atoms with Gasteiger partial charge in [0.05, 0.1) is 5.69 Å². The van der Waals surface area contributed by atoms with Crippen LogP contribution in [0.15, 0.2) is 6.08 Å². The Kier molecular flexibility index (Phi) is 3.54. The first-order valence-electron chi connectivity index (χ1n) is 6.82. The molecule has 18 heavy (non-hydrogen) atoms. The third kappa shape index (κ3) is 2.20. The predicted octanol–water partition coefficient (Wildman–Crippen LogP) is 4.37. The van der Waals surface area contributed by atoms with Gasteiger partial charge in [-0.25, -0.2) is 4.98 Å². The van der Waals surface area contributed by atoms with E-state index in [2.05, 4.69) is 45.7 Å². The minimum absolute atomic E-state index is 0.234. The Balaban J connectivity index is 2.56. The van der Waals surface area contributed by atoms with Crippen molar-refractivity contribution in [1.29, 1.82) is 0 Å². The summed E-state index contributed by atoms with van der Waals surface area (Å²) in [4.78, 5) is 5.96. The summed E-state index contributed by atoms with van der Waals surface area (Å²) in [6.07, 6.45) is 4.71. The number of hydrogen-bond donors (Lipinski definition) is 1. The minimum Gasteiger partial charge on any atom is -0.375 e. The van der Waals surface area contributed by atoms with E-state index in [9.17, 15) is 0 Å². The zero-order valence-electron chi connectivity index (χ0n) is 12.1. The number of aromatic nitrogens is 1. The quantitative estimate of drug-likeness (QED) is 0.861. The van der Waals surface area contributed by atoms with Crippen LogP contribution in [0.25, 0.3) is 5.57 Å². The molecule has 0 saturated heterocycles. The van der Waals surface area contributed by atoms with Crippen molar-refractivity contribution in [1.82, 2.24) is 4.98 Å². The smallest absolute Gasteiger partial charge is 0.180 e. The number of aryl methyl sites for hydroxylation is 1. The summed E-state index contributed by atoms with van der Waals surface area (Å²) >= 11 is 1.66. The van der Waals surface area contributed by atoms with Crippen LogP contribution in [0.4, 0.5) is 5.13 Å². The zero-order chi connectivity index (χ0) is 13.5. The maximum atomic E-state index is 5.90. The summed E-state index contributed by atoms with van der Waals surface area (Å²) in [7, 11) is 0. The van der Waals surface area contributed by atoms with E-state index in [1.54, 1.807) is 11.3 Å². The molecule has 0 saturated carbocycles. The van der Waals surface area contributed by atoms with Crippen LogP contribution in [0.2, 0.25) is 0 Å². The summed E-state index contributed by atoms with van der Waals surface area (Å²) in [5.74, 6) is 1.17. The third-order valence-corrected chi connectivity index (χ3v) is 5.17. The maximum absolute atomic E-state index is 5.90. The number of rotatable bonds is 2. The molecule has 3 heteroatoms. The van der Waals surface area contributed by atoms with E-state index in [1.165, 1.54) is 22.6 Å². The lowest BCUT2D eigenvalue weighted by Crippen LogP contribution is -2.30. The fraction of sp³-hybridized carbons (Fsp3) is 0.667. The lowest BCUT2D eigenvalue weighted by Gasteiger charge is -2.39. The molecule has 1 heterocycles. The van der Waals surface area contributed by atoms with E-state index < -0.39 is 0 Å². The summed E-state index contributed by atoms with van der Waals surface area (Å²) < 4.78 is 0. The van der Waals surface area contributed by atoms with Crippen LogP contribution in [0, 0.1) is 17.3 Å². The van der Waals surface area contributed by atoms with Crippen LogP contribution in [0.1, 0.15) is 51.6 Å². The van der Waals surface area contributed by atoms with Gasteiger partial charge in [-0.15, -0.1) is 11.3 Å². The van der Waals surface area contributed by atoms with Gasteiger partial charge in [0, 0.05) is 4.88 Å². The highest BCUT2D eigenvalue weighted by Crippen LogP contribution is 2.50. The monoisotopic (exact) mass is 264 g/mol. The molecule has 2 rings (SSSR count). The number of hydrogen-bond acceptors (Lipinski definition) is 3. The molecule has 1 aromatic heterocycles. The van der Waals surface area contributed by atoms with Gasteiger partial charge >= 0.3 is 0 Å². The second kappa shape index (κ2) is 4.69. The van der Waals surface area contributed by atoms with E-state index in [1.807, 2.05) is 0 Å². The molecular formula is C15H24N2S. The molecule has 0 fully saturated rings. The molecule has 0 unspecified atom stereocenters.